The fourth-order valence-corrected chi connectivity index (χ4v) is 2.49. The first kappa shape index (κ1) is 18.8. The van der Waals surface area contributed by atoms with Gasteiger partial charge in [-0.1, -0.05) is 28.1 Å². The van der Waals surface area contributed by atoms with Gasteiger partial charge in [0.2, 0.25) is 0 Å². The van der Waals surface area contributed by atoms with Crippen molar-refractivity contribution in [1.82, 2.24) is 5.43 Å². The van der Waals surface area contributed by atoms with E-state index in [2.05, 4.69) is 26.5 Å². The van der Waals surface area contributed by atoms with Crippen molar-refractivity contribution in [3.63, 3.8) is 0 Å². The molecule has 0 heterocycles. The Bertz CT molecular complexity index is 924. The third-order valence-corrected chi connectivity index (χ3v) is 4.21. The minimum absolute atomic E-state index is 0.338. The number of nitrogens with zero attached hydrogens (tertiary/aromatic N) is 1. The lowest BCUT2D eigenvalue weighted by molar-refractivity contribution is 0.0955. The first-order valence-corrected chi connectivity index (χ1v) is 8.96. The number of halogens is 2. The van der Waals surface area contributed by atoms with Crippen LogP contribution in [0.4, 0.5) is 4.39 Å². The highest BCUT2D eigenvalue weighted by Gasteiger charge is 2.03. The van der Waals surface area contributed by atoms with E-state index in [4.69, 9.17) is 4.74 Å². The molecule has 0 aliphatic carbocycles. The van der Waals surface area contributed by atoms with Gasteiger partial charge in [-0.2, -0.15) is 5.10 Å². The van der Waals surface area contributed by atoms with Crippen LogP contribution in [0.2, 0.25) is 0 Å². The molecule has 0 saturated heterocycles. The average Bonchev–Trinajstić information content (AvgIpc) is 2.69. The van der Waals surface area contributed by atoms with Gasteiger partial charge in [0.1, 0.15) is 18.2 Å². The van der Waals surface area contributed by atoms with Gasteiger partial charge in [-0.05, 0) is 71.8 Å². The van der Waals surface area contributed by atoms with Crippen LogP contribution in [0, 0.1) is 5.82 Å². The van der Waals surface area contributed by atoms with Gasteiger partial charge in [-0.15, -0.1) is 0 Å². The van der Waals surface area contributed by atoms with Crippen LogP contribution in [-0.2, 0) is 6.61 Å². The summed E-state index contributed by atoms with van der Waals surface area (Å²) in [6.45, 7) is 0.481. The Morgan fingerprint density at radius 1 is 1.00 bits per heavy atom. The lowest BCUT2D eigenvalue weighted by Gasteiger charge is -2.06. The normalized spacial score (nSPS) is 10.7. The number of carbonyl (C=O) groups excluding carboxylic acids is 1. The van der Waals surface area contributed by atoms with Gasteiger partial charge in [0.05, 0.1) is 6.21 Å². The minimum Gasteiger partial charge on any atom is -0.489 e. The maximum absolute atomic E-state index is 12.8. The number of carbonyl (C=O) groups is 1. The molecule has 0 aromatic heterocycles. The van der Waals surface area contributed by atoms with Gasteiger partial charge in [0.25, 0.3) is 5.91 Å². The van der Waals surface area contributed by atoms with Gasteiger partial charge in [-0.25, -0.2) is 9.82 Å². The molecular weight excluding hydrogens is 411 g/mol. The lowest BCUT2D eigenvalue weighted by Crippen LogP contribution is -2.17. The number of hydrogen-bond acceptors (Lipinski definition) is 3. The van der Waals surface area contributed by atoms with Crippen LogP contribution in [0.1, 0.15) is 21.5 Å². The molecule has 0 saturated carbocycles. The summed E-state index contributed by atoms with van der Waals surface area (Å²) in [7, 11) is 0. The molecule has 1 N–H and O–H groups in total. The zero-order chi connectivity index (χ0) is 19.1. The predicted octanol–water partition coefficient (Wildman–Crippen LogP) is 4.93. The Morgan fingerprint density at radius 2 is 1.67 bits per heavy atom. The zero-order valence-corrected chi connectivity index (χ0v) is 15.8. The lowest BCUT2D eigenvalue weighted by atomic mass is 10.2. The van der Waals surface area contributed by atoms with Crippen molar-refractivity contribution in [3.8, 4) is 5.75 Å². The summed E-state index contributed by atoms with van der Waals surface area (Å²) < 4.78 is 19.6. The quantitative estimate of drug-likeness (QED) is 0.448. The van der Waals surface area contributed by atoms with Gasteiger partial charge >= 0.3 is 0 Å². The van der Waals surface area contributed by atoms with Crippen LogP contribution >= 0.6 is 15.9 Å². The molecule has 0 radical (unpaired) electrons. The summed E-state index contributed by atoms with van der Waals surface area (Å²) in [5, 5.41) is 3.91. The van der Waals surface area contributed by atoms with E-state index in [1.807, 2.05) is 48.5 Å². The molecule has 0 unspecified atom stereocenters. The zero-order valence-electron chi connectivity index (χ0n) is 14.2. The molecule has 136 valence electrons. The Labute approximate surface area is 164 Å². The smallest absolute Gasteiger partial charge is 0.271 e. The average molecular weight is 427 g/mol. The van der Waals surface area contributed by atoms with Crippen molar-refractivity contribution in [2.75, 3.05) is 0 Å². The van der Waals surface area contributed by atoms with Crippen molar-refractivity contribution in [2.24, 2.45) is 5.10 Å². The molecule has 3 aromatic rings. The summed E-state index contributed by atoms with van der Waals surface area (Å²) in [5.74, 6) is -0.0522. The fraction of sp³-hybridized carbons (Fsp3) is 0.0476. The first-order chi connectivity index (χ1) is 13.1. The molecule has 0 fully saturated rings. The molecule has 0 atom stereocenters. The van der Waals surface area contributed by atoms with Gasteiger partial charge in [0, 0.05) is 10.0 Å². The Hall–Kier alpha value is -2.99. The number of benzene rings is 3. The highest BCUT2D eigenvalue weighted by atomic mass is 79.9. The molecule has 0 spiro atoms. The molecule has 0 bridgehead atoms. The minimum atomic E-state index is -0.402. The van der Waals surface area contributed by atoms with E-state index >= 15 is 0 Å². The largest absolute Gasteiger partial charge is 0.489 e. The van der Waals surface area contributed by atoms with E-state index in [0.29, 0.717) is 12.2 Å². The van der Waals surface area contributed by atoms with Gasteiger partial charge in [-0.3, -0.25) is 4.79 Å². The summed E-state index contributed by atoms with van der Waals surface area (Å²) in [6.07, 6.45) is 1.53. The topological polar surface area (TPSA) is 50.7 Å². The number of amides is 1. The summed E-state index contributed by atoms with van der Waals surface area (Å²) >= 11 is 3.40. The third kappa shape index (κ3) is 5.76. The molecule has 0 aliphatic rings. The molecule has 3 rings (SSSR count). The highest BCUT2D eigenvalue weighted by molar-refractivity contribution is 9.10. The molecule has 6 heteroatoms. The summed E-state index contributed by atoms with van der Waals surface area (Å²) in [5.41, 5.74) is 4.63. The predicted molar refractivity (Wildman–Crippen MR) is 106 cm³/mol. The summed E-state index contributed by atoms with van der Waals surface area (Å²) in [6, 6.07) is 20.5. The number of ether oxygens (including phenoxy) is 1. The summed E-state index contributed by atoms with van der Waals surface area (Å²) in [4.78, 5) is 11.9. The van der Waals surface area contributed by atoms with Crippen molar-refractivity contribution in [1.29, 1.82) is 0 Å². The van der Waals surface area contributed by atoms with Crippen LogP contribution in [0.5, 0.6) is 5.75 Å². The molecule has 3 aromatic carbocycles. The van der Waals surface area contributed by atoms with Crippen molar-refractivity contribution < 1.29 is 13.9 Å². The van der Waals surface area contributed by atoms with Crippen molar-refractivity contribution in [2.45, 2.75) is 6.61 Å². The first-order valence-electron chi connectivity index (χ1n) is 8.16. The molecule has 1 amide bonds. The Morgan fingerprint density at radius 3 is 2.33 bits per heavy atom. The number of nitrogens with one attached hydrogen (secondary N) is 1. The second-order valence-corrected chi connectivity index (χ2v) is 6.61. The maximum Gasteiger partial charge on any atom is 0.271 e. The van der Waals surface area contributed by atoms with E-state index in [9.17, 15) is 9.18 Å². The Kier molecular flexibility index (Phi) is 6.33. The second-order valence-electron chi connectivity index (χ2n) is 5.69. The van der Waals surface area contributed by atoms with E-state index in [-0.39, 0.29) is 0 Å². The molecule has 0 aliphatic heterocycles. The van der Waals surface area contributed by atoms with Gasteiger partial charge < -0.3 is 4.74 Å². The van der Waals surface area contributed by atoms with Gasteiger partial charge in [0.15, 0.2) is 0 Å². The SMILES string of the molecule is O=C(N/N=C\c1ccc(OCc2ccc(Br)cc2)cc1)c1ccc(F)cc1. The van der Waals surface area contributed by atoms with Crippen molar-refractivity contribution >= 4 is 28.1 Å². The van der Waals surface area contributed by atoms with Crippen molar-refractivity contribution in [3.05, 3.63) is 99.8 Å². The standard InChI is InChI=1S/C21H16BrFN2O2/c22-18-7-1-16(2-8-18)14-27-20-11-3-15(4-12-20)13-24-25-21(26)17-5-9-19(23)10-6-17/h1-13H,14H2,(H,25,26)/b24-13-. The van der Waals surface area contributed by atoms with Crippen LogP contribution in [-0.4, -0.2) is 12.1 Å². The van der Waals surface area contributed by atoms with Crippen LogP contribution < -0.4 is 10.2 Å². The van der Waals surface area contributed by atoms with Crippen LogP contribution in [0.3, 0.4) is 0 Å². The van der Waals surface area contributed by atoms with E-state index < -0.39 is 11.7 Å². The number of hydrazone groups is 1. The van der Waals surface area contributed by atoms with E-state index in [0.717, 1.165) is 21.3 Å². The van der Waals surface area contributed by atoms with E-state index in [1.165, 1.54) is 30.5 Å². The van der Waals surface area contributed by atoms with Crippen LogP contribution in [0.15, 0.2) is 82.4 Å². The molecule has 4 nitrogen and oxygen atoms in total. The fourth-order valence-electron chi connectivity index (χ4n) is 2.23. The highest BCUT2D eigenvalue weighted by Crippen LogP contribution is 2.15. The number of hydrogen-bond donors (Lipinski definition) is 1. The number of rotatable bonds is 6. The monoisotopic (exact) mass is 426 g/mol. The molecular formula is C21H16BrFN2O2. The second kappa shape index (κ2) is 9.09. The van der Waals surface area contributed by atoms with E-state index in [1.54, 1.807) is 0 Å². The Balaban J connectivity index is 1.50. The van der Waals surface area contributed by atoms with Crippen LogP contribution in [0.25, 0.3) is 0 Å². The molecule has 27 heavy (non-hydrogen) atoms. The third-order valence-electron chi connectivity index (χ3n) is 3.68. The maximum atomic E-state index is 12.8.